The Balaban J connectivity index is 1.96. The van der Waals surface area contributed by atoms with Gasteiger partial charge in [0.1, 0.15) is 0 Å². The van der Waals surface area contributed by atoms with Crippen molar-refractivity contribution in [3.8, 4) is 11.5 Å². The predicted octanol–water partition coefficient (Wildman–Crippen LogP) is 5.52. The number of nitrogens with zero attached hydrogens (tertiary/aromatic N) is 2. The summed E-state index contributed by atoms with van der Waals surface area (Å²) in [5, 5.41) is 0. The molecule has 1 amide bonds. The quantitative estimate of drug-likeness (QED) is 0.321. The van der Waals surface area contributed by atoms with Gasteiger partial charge in [0.15, 0.2) is 11.5 Å². The van der Waals surface area contributed by atoms with E-state index in [1.54, 1.807) is 26.0 Å². The van der Waals surface area contributed by atoms with E-state index in [9.17, 15) is 4.79 Å². The predicted molar refractivity (Wildman–Crippen MR) is 141 cm³/mol. The van der Waals surface area contributed by atoms with Crippen LogP contribution in [0.3, 0.4) is 0 Å². The van der Waals surface area contributed by atoms with Crippen LogP contribution in [0.4, 0.5) is 5.69 Å². The number of thioether (sulfide) groups is 1. The van der Waals surface area contributed by atoms with Gasteiger partial charge in [-0.3, -0.25) is 4.79 Å². The van der Waals surface area contributed by atoms with Gasteiger partial charge in [-0.15, -0.1) is 11.8 Å². The van der Waals surface area contributed by atoms with Crippen molar-refractivity contribution >= 4 is 23.4 Å². The van der Waals surface area contributed by atoms with Gasteiger partial charge in [-0.1, -0.05) is 60.7 Å². The third-order valence-electron chi connectivity index (χ3n) is 5.48. The lowest BCUT2D eigenvalue weighted by Crippen LogP contribution is -2.35. The van der Waals surface area contributed by atoms with Crippen LogP contribution in [0.5, 0.6) is 11.5 Å². The number of ether oxygens (including phenoxy) is 2. The average Bonchev–Trinajstić information content (AvgIpc) is 2.86. The molecule has 5 nitrogen and oxygen atoms in total. The second kappa shape index (κ2) is 13.1. The molecular weight excluding hydrogens is 444 g/mol. The molecule has 180 valence electrons. The Morgan fingerprint density at radius 2 is 1.41 bits per heavy atom. The van der Waals surface area contributed by atoms with Crippen LogP contribution in [0, 0.1) is 0 Å². The average molecular weight is 479 g/mol. The van der Waals surface area contributed by atoms with E-state index >= 15 is 0 Å². The maximum Gasteiger partial charge on any atom is 0.231 e. The molecule has 0 aliphatic rings. The Labute approximate surface area is 207 Å². The van der Waals surface area contributed by atoms with E-state index in [0.29, 0.717) is 24.5 Å². The summed E-state index contributed by atoms with van der Waals surface area (Å²) in [7, 11) is 7.36. The van der Waals surface area contributed by atoms with Crippen molar-refractivity contribution in [1.82, 2.24) is 4.90 Å². The highest BCUT2D eigenvalue weighted by atomic mass is 32.2. The van der Waals surface area contributed by atoms with E-state index in [1.165, 1.54) is 5.56 Å². The fourth-order valence-corrected chi connectivity index (χ4v) is 4.72. The standard InChI is InChI=1S/C28H34N2O3S/c1-29(2)16-11-17-30(28(31)18-22-12-7-5-8-13-22)24-19-25(32-3)26(33-4)20-27(24)34-21-23-14-9-6-10-15-23/h5-10,12-15,19-20H,11,16-18,21H2,1-4H3. The highest BCUT2D eigenvalue weighted by Gasteiger charge is 2.22. The molecule has 0 unspecified atom stereocenters. The Bertz CT molecular complexity index is 1040. The van der Waals surface area contributed by atoms with Crippen LogP contribution >= 0.6 is 11.8 Å². The van der Waals surface area contributed by atoms with Crippen LogP contribution in [0.2, 0.25) is 0 Å². The first-order valence-corrected chi connectivity index (χ1v) is 12.4. The molecule has 0 radical (unpaired) electrons. The lowest BCUT2D eigenvalue weighted by molar-refractivity contribution is -0.118. The minimum Gasteiger partial charge on any atom is -0.493 e. The normalized spacial score (nSPS) is 10.9. The van der Waals surface area contributed by atoms with Gasteiger partial charge < -0.3 is 19.3 Å². The number of carbonyl (C=O) groups is 1. The second-order valence-electron chi connectivity index (χ2n) is 8.31. The third kappa shape index (κ3) is 7.27. The van der Waals surface area contributed by atoms with E-state index < -0.39 is 0 Å². The van der Waals surface area contributed by atoms with Gasteiger partial charge in [-0.2, -0.15) is 0 Å². The smallest absolute Gasteiger partial charge is 0.231 e. The van der Waals surface area contributed by atoms with Crippen molar-refractivity contribution in [2.24, 2.45) is 0 Å². The van der Waals surface area contributed by atoms with Crippen LogP contribution in [-0.2, 0) is 17.0 Å². The van der Waals surface area contributed by atoms with Crippen LogP contribution in [0.25, 0.3) is 0 Å². The lowest BCUT2D eigenvalue weighted by Gasteiger charge is -2.27. The molecule has 0 aliphatic carbocycles. The second-order valence-corrected chi connectivity index (χ2v) is 9.33. The zero-order valence-corrected chi connectivity index (χ0v) is 21.3. The number of hydrogen-bond acceptors (Lipinski definition) is 5. The maximum atomic E-state index is 13.6. The molecule has 0 N–H and O–H groups in total. The molecule has 0 aromatic heterocycles. The van der Waals surface area contributed by atoms with E-state index in [-0.39, 0.29) is 5.91 Å². The number of benzene rings is 3. The van der Waals surface area contributed by atoms with E-state index in [2.05, 4.69) is 17.0 Å². The van der Waals surface area contributed by atoms with Crippen molar-refractivity contribution in [2.75, 3.05) is 46.3 Å². The number of rotatable bonds is 12. The molecule has 0 saturated carbocycles. The van der Waals surface area contributed by atoms with E-state index in [0.717, 1.165) is 34.9 Å². The van der Waals surface area contributed by atoms with Gasteiger partial charge in [-0.05, 0) is 44.3 Å². The molecule has 0 aliphatic heterocycles. The Morgan fingerprint density at radius 1 is 0.824 bits per heavy atom. The summed E-state index contributed by atoms with van der Waals surface area (Å²) >= 11 is 1.70. The van der Waals surface area contributed by atoms with Gasteiger partial charge in [-0.25, -0.2) is 0 Å². The summed E-state index contributed by atoms with van der Waals surface area (Å²) < 4.78 is 11.2. The van der Waals surface area contributed by atoms with Crippen LogP contribution in [0.1, 0.15) is 17.5 Å². The fraction of sp³-hybridized carbons (Fsp3) is 0.321. The molecule has 0 atom stereocenters. The van der Waals surface area contributed by atoms with Gasteiger partial charge in [0.2, 0.25) is 5.91 Å². The van der Waals surface area contributed by atoms with Gasteiger partial charge in [0.25, 0.3) is 0 Å². The van der Waals surface area contributed by atoms with Gasteiger partial charge in [0.05, 0.1) is 26.3 Å². The SMILES string of the molecule is COc1cc(SCc2ccccc2)c(N(CCCN(C)C)C(=O)Cc2ccccc2)cc1OC. The number of amides is 1. The Kier molecular flexibility index (Phi) is 9.86. The zero-order chi connectivity index (χ0) is 24.3. The van der Waals surface area contributed by atoms with Crippen LogP contribution in [0.15, 0.2) is 77.7 Å². The van der Waals surface area contributed by atoms with Gasteiger partial charge >= 0.3 is 0 Å². The number of carbonyl (C=O) groups excluding carboxylic acids is 1. The van der Waals surface area contributed by atoms with Crippen molar-refractivity contribution in [1.29, 1.82) is 0 Å². The number of hydrogen-bond donors (Lipinski definition) is 0. The lowest BCUT2D eigenvalue weighted by atomic mass is 10.1. The first-order chi connectivity index (χ1) is 16.5. The highest BCUT2D eigenvalue weighted by Crippen LogP contribution is 2.41. The van der Waals surface area contributed by atoms with Crippen LogP contribution < -0.4 is 14.4 Å². The Morgan fingerprint density at radius 3 is 2.00 bits per heavy atom. The van der Waals surface area contributed by atoms with Crippen molar-refractivity contribution in [3.05, 3.63) is 83.9 Å². The molecule has 0 spiro atoms. The minimum atomic E-state index is 0.0683. The molecule has 0 bridgehead atoms. The molecule has 3 aromatic carbocycles. The molecule has 6 heteroatoms. The summed E-state index contributed by atoms with van der Waals surface area (Å²) in [6.07, 6.45) is 1.21. The fourth-order valence-electron chi connectivity index (χ4n) is 3.70. The molecule has 34 heavy (non-hydrogen) atoms. The summed E-state index contributed by atoms with van der Waals surface area (Å²) in [4.78, 5) is 18.6. The third-order valence-corrected chi connectivity index (χ3v) is 6.60. The molecule has 0 heterocycles. The first-order valence-electron chi connectivity index (χ1n) is 11.4. The number of anilines is 1. The van der Waals surface area contributed by atoms with E-state index in [1.807, 2.05) is 79.7 Å². The molecule has 3 aromatic rings. The van der Waals surface area contributed by atoms with Crippen LogP contribution in [-0.4, -0.2) is 52.2 Å². The van der Waals surface area contributed by atoms with Crippen molar-refractivity contribution in [2.45, 2.75) is 23.5 Å². The maximum absolute atomic E-state index is 13.6. The van der Waals surface area contributed by atoms with Crippen molar-refractivity contribution in [3.63, 3.8) is 0 Å². The molecule has 0 saturated heterocycles. The summed E-state index contributed by atoms with van der Waals surface area (Å²) in [5.74, 6) is 2.14. The summed E-state index contributed by atoms with van der Waals surface area (Å²) in [6.45, 7) is 1.52. The monoisotopic (exact) mass is 478 g/mol. The molecule has 3 rings (SSSR count). The van der Waals surface area contributed by atoms with E-state index in [4.69, 9.17) is 9.47 Å². The number of methoxy groups -OCH3 is 2. The minimum absolute atomic E-state index is 0.0683. The first kappa shape index (κ1) is 25.7. The zero-order valence-electron chi connectivity index (χ0n) is 20.5. The highest BCUT2D eigenvalue weighted by molar-refractivity contribution is 7.98. The van der Waals surface area contributed by atoms with Gasteiger partial charge in [0, 0.05) is 23.3 Å². The largest absolute Gasteiger partial charge is 0.493 e. The van der Waals surface area contributed by atoms with Crippen molar-refractivity contribution < 1.29 is 14.3 Å². The Hall–Kier alpha value is -2.96. The molecule has 0 fully saturated rings. The summed E-state index contributed by atoms with van der Waals surface area (Å²) in [6, 6.07) is 24.1. The molecular formula is C28H34N2O3S. The topological polar surface area (TPSA) is 42.0 Å². The summed E-state index contributed by atoms with van der Waals surface area (Å²) in [5.41, 5.74) is 3.09.